The maximum absolute atomic E-state index is 12.3. The number of phenolic OH excluding ortho intramolecular Hbond substituents is 1. The summed E-state index contributed by atoms with van der Waals surface area (Å²) in [6.45, 7) is 3.00. The van der Waals surface area contributed by atoms with Crippen LogP contribution in [-0.2, 0) is 4.74 Å². The van der Waals surface area contributed by atoms with Gasteiger partial charge in [-0.25, -0.2) is 0 Å². The molecule has 0 radical (unpaired) electrons. The number of carbonyl (C=O) groups excluding carboxylic acids is 1. The Morgan fingerprint density at radius 3 is 2.95 bits per heavy atom. The summed E-state index contributed by atoms with van der Waals surface area (Å²) in [5, 5.41) is 20.3. The Morgan fingerprint density at radius 2 is 2.32 bits per heavy atom. The summed E-state index contributed by atoms with van der Waals surface area (Å²) in [7, 11) is 0. The lowest BCUT2D eigenvalue weighted by Gasteiger charge is -2.33. The SMILES string of the molecule is CC1COCCN1C(=O)c1cc(O)ccc1[N+](=O)[O-]. The number of benzene rings is 1. The van der Waals surface area contributed by atoms with Crippen molar-refractivity contribution in [2.75, 3.05) is 19.8 Å². The monoisotopic (exact) mass is 266 g/mol. The van der Waals surface area contributed by atoms with Gasteiger partial charge in [-0.05, 0) is 19.1 Å². The predicted molar refractivity (Wildman–Crippen MR) is 66.1 cm³/mol. The number of amides is 1. The van der Waals surface area contributed by atoms with Crippen molar-refractivity contribution in [2.24, 2.45) is 0 Å². The summed E-state index contributed by atoms with van der Waals surface area (Å²) < 4.78 is 5.22. The Bertz CT molecular complexity index is 517. The molecule has 1 saturated heterocycles. The van der Waals surface area contributed by atoms with Crippen LogP contribution < -0.4 is 0 Å². The topological polar surface area (TPSA) is 92.9 Å². The zero-order valence-corrected chi connectivity index (χ0v) is 10.4. The number of hydrogen-bond donors (Lipinski definition) is 1. The Morgan fingerprint density at radius 1 is 1.58 bits per heavy atom. The van der Waals surface area contributed by atoms with E-state index in [1.807, 2.05) is 6.92 Å². The van der Waals surface area contributed by atoms with Crippen LogP contribution in [0.15, 0.2) is 18.2 Å². The normalized spacial score (nSPS) is 19.2. The molecule has 1 N–H and O–H groups in total. The molecule has 0 spiro atoms. The summed E-state index contributed by atoms with van der Waals surface area (Å²) in [5.41, 5.74) is -0.403. The second-order valence-corrected chi connectivity index (χ2v) is 4.38. The number of hydrogen-bond acceptors (Lipinski definition) is 5. The van der Waals surface area contributed by atoms with Gasteiger partial charge in [-0.15, -0.1) is 0 Å². The first-order valence-corrected chi connectivity index (χ1v) is 5.87. The van der Waals surface area contributed by atoms with E-state index < -0.39 is 10.8 Å². The minimum atomic E-state index is -0.627. The molecule has 1 heterocycles. The minimum absolute atomic E-state index is 0.0984. The number of ether oxygens (including phenoxy) is 1. The molecular weight excluding hydrogens is 252 g/mol. The fraction of sp³-hybridized carbons (Fsp3) is 0.417. The predicted octanol–water partition coefficient (Wildman–Crippen LogP) is 1.16. The van der Waals surface area contributed by atoms with Crippen molar-refractivity contribution in [1.29, 1.82) is 0 Å². The van der Waals surface area contributed by atoms with E-state index in [-0.39, 0.29) is 23.0 Å². The number of rotatable bonds is 2. The van der Waals surface area contributed by atoms with E-state index in [1.54, 1.807) is 0 Å². The molecular formula is C12H14N2O5. The third-order valence-electron chi connectivity index (χ3n) is 3.04. The highest BCUT2D eigenvalue weighted by atomic mass is 16.6. The number of phenols is 1. The highest BCUT2D eigenvalue weighted by Gasteiger charge is 2.29. The Kier molecular flexibility index (Phi) is 3.66. The van der Waals surface area contributed by atoms with Crippen LogP contribution in [0.1, 0.15) is 17.3 Å². The lowest BCUT2D eigenvalue weighted by molar-refractivity contribution is -0.385. The summed E-state index contributed by atoms with van der Waals surface area (Å²) in [6.07, 6.45) is 0. The third kappa shape index (κ3) is 2.65. The van der Waals surface area contributed by atoms with Crippen LogP contribution in [0.3, 0.4) is 0 Å². The van der Waals surface area contributed by atoms with E-state index in [0.29, 0.717) is 19.8 Å². The average molecular weight is 266 g/mol. The second kappa shape index (κ2) is 5.23. The Labute approximate surface area is 109 Å². The lowest BCUT2D eigenvalue weighted by Crippen LogP contribution is -2.47. The molecule has 7 nitrogen and oxygen atoms in total. The molecule has 1 aliphatic rings. The van der Waals surface area contributed by atoms with Crippen molar-refractivity contribution in [3.63, 3.8) is 0 Å². The quantitative estimate of drug-likeness (QED) is 0.640. The molecule has 1 amide bonds. The number of morpholine rings is 1. The van der Waals surface area contributed by atoms with Crippen LogP contribution >= 0.6 is 0 Å². The first kappa shape index (κ1) is 13.3. The minimum Gasteiger partial charge on any atom is -0.508 e. The molecule has 1 aromatic rings. The molecule has 1 fully saturated rings. The lowest BCUT2D eigenvalue weighted by atomic mass is 10.1. The second-order valence-electron chi connectivity index (χ2n) is 4.38. The van der Waals surface area contributed by atoms with Gasteiger partial charge >= 0.3 is 0 Å². The van der Waals surface area contributed by atoms with Crippen LogP contribution in [0, 0.1) is 10.1 Å². The van der Waals surface area contributed by atoms with Crippen LogP contribution in [0.4, 0.5) is 5.69 Å². The van der Waals surface area contributed by atoms with Gasteiger partial charge in [0.2, 0.25) is 0 Å². The zero-order valence-electron chi connectivity index (χ0n) is 10.4. The molecule has 1 aliphatic heterocycles. The van der Waals surface area contributed by atoms with Crippen molar-refractivity contribution >= 4 is 11.6 Å². The fourth-order valence-corrected chi connectivity index (χ4v) is 2.04. The van der Waals surface area contributed by atoms with Crippen molar-refractivity contribution < 1.29 is 19.6 Å². The molecule has 1 unspecified atom stereocenters. The molecule has 7 heteroatoms. The number of carbonyl (C=O) groups is 1. The van der Waals surface area contributed by atoms with Crippen LogP contribution in [0.2, 0.25) is 0 Å². The average Bonchev–Trinajstić information content (AvgIpc) is 2.38. The molecule has 2 rings (SSSR count). The molecule has 1 aromatic carbocycles. The van der Waals surface area contributed by atoms with Gasteiger partial charge in [-0.3, -0.25) is 14.9 Å². The molecule has 0 aromatic heterocycles. The molecule has 0 aliphatic carbocycles. The van der Waals surface area contributed by atoms with Gasteiger partial charge in [-0.1, -0.05) is 0 Å². The third-order valence-corrected chi connectivity index (χ3v) is 3.04. The van der Waals surface area contributed by atoms with Gasteiger partial charge in [-0.2, -0.15) is 0 Å². The van der Waals surface area contributed by atoms with Crippen LogP contribution in [0.25, 0.3) is 0 Å². The van der Waals surface area contributed by atoms with E-state index in [0.717, 1.165) is 12.1 Å². The Balaban J connectivity index is 2.37. The number of nitrogens with zero attached hydrogens (tertiary/aromatic N) is 2. The van der Waals surface area contributed by atoms with Gasteiger partial charge < -0.3 is 14.7 Å². The summed E-state index contributed by atoms with van der Waals surface area (Å²) >= 11 is 0. The maximum atomic E-state index is 12.3. The molecule has 0 saturated carbocycles. The summed E-state index contributed by atoms with van der Waals surface area (Å²) in [6, 6.07) is 3.30. The van der Waals surface area contributed by atoms with E-state index in [9.17, 15) is 20.0 Å². The first-order chi connectivity index (χ1) is 9.00. The number of nitro groups is 1. The van der Waals surface area contributed by atoms with Gasteiger partial charge in [0, 0.05) is 12.6 Å². The number of nitro benzene ring substituents is 1. The standard InChI is InChI=1S/C12H14N2O5/c1-8-7-19-5-4-13(8)12(16)10-6-9(15)2-3-11(10)14(17)18/h2-3,6,8,15H,4-5,7H2,1H3. The van der Waals surface area contributed by atoms with E-state index in [2.05, 4.69) is 0 Å². The van der Waals surface area contributed by atoms with E-state index >= 15 is 0 Å². The van der Waals surface area contributed by atoms with E-state index in [1.165, 1.54) is 11.0 Å². The smallest absolute Gasteiger partial charge is 0.282 e. The van der Waals surface area contributed by atoms with Gasteiger partial charge in [0.05, 0.1) is 24.2 Å². The van der Waals surface area contributed by atoms with Gasteiger partial charge in [0.1, 0.15) is 11.3 Å². The summed E-state index contributed by atoms with van der Waals surface area (Å²) in [5.74, 6) is -0.631. The fourth-order valence-electron chi connectivity index (χ4n) is 2.04. The van der Waals surface area contributed by atoms with Crippen molar-refractivity contribution in [3.05, 3.63) is 33.9 Å². The van der Waals surface area contributed by atoms with Crippen molar-refractivity contribution in [2.45, 2.75) is 13.0 Å². The molecule has 0 bridgehead atoms. The maximum Gasteiger partial charge on any atom is 0.282 e. The van der Waals surface area contributed by atoms with Crippen LogP contribution in [0.5, 0.6) is 5.75 Å². The highest BCUT2D eigenvalue weighted by Crippen LogP contribution is 2.25. The van der Waals surface area contributed by atoms with Crippen LogP contribution in [-0.4, -0.2) is 46.6 Å². The van der Waals surface area contributed by atoms with E-state index in [4.69, 9.17) is 4.74 Å². The largest absolute Gasteiger partial charge is 0.508 e. The molecule has 102 valence electrons. The zero-order chi connectivity index (χ0) is 14.0. The highest BCUT2D eigenvalue weighted by molar-refractivity contribution is 5.98. The Hall–Kier alpha value is -2.15. The molecule has 19 heavy (non-hydrogen) atoms. The summed E-state index contributed by atoms with van der Waals surface area (Å²) in [4.78, 5) is 24.2. The van der Waals surface area contributed by atoms with Gasteiger partial charge in [0.15, 0.2) is 0 Å². The molecule has 1 atom stereocenters. The first-order valence-electron chi connectivity index (χ1n) is 5.87. The van der Waals surface area contributed by atoms with Crippen molar-refractivity contribution in [3.8, 4) is 5.75 Å². The van der Waals surface area contributed by atoms with Crippen molar-refractivity contribution in [1.82, 2.24) is 4.90 Å². The van der Waals surface area contributed by atoms with Gasteiger partial charge in [0.25, 0.3) is 11.6 Å². The number of aromatic hydroxyl groups is 1.